The first-order chi connectivity index (χ1) is 12.2. The molecule has 0 bridgehead atoms. The van der Waals surface area contributed by atoms with E-state index in [-0.39, 0.29) is 18.1 Å². The van der Waals surface area contributed by atoms with Crippen molar-refractivity contribution in [3.63, 3.8) is 0 Å². The van der Waals surface area contributed by atoms with E-state index < -0.39 is 11.6 Å². The van der Waals surface area contributed by atoms with Crippen LogP contribution in [0.15, 0.2) is 23.2 Å². The van der Waals surface area contributed by atoms with E-state index in [0.717, 1.165) is 26.0 Å². The standard InChI is InChI=1S/C18H27F2N3O2/c1-2-21-18(22-9-4-11-25-14-8-12-24-13-14)23-10-7-15-16(19)5-3-6-17(15)20/h3,5-6,14H,2,4,7-13H2,1H3,(H2,21,22,23). The lowest BCUT2D eigenvalue weighted by Crippen LogP contribution is -2.38. The number of rotatable bonds is 9. The Morgan fingerprint density at radius 3 is 2.80 bits per heavy atom. The van der Waals surface area contributed by atoms with Crippen molar-refractivity contribution in [1.29, 1.82) is 0 Å². The lowest BCUT2D eigenvalue weighted by atomic mass is 10.1. The molecule has 0 saturated carbocycles. The van der Waals surface area contributed by atoms with Gasteiger partial charge in [-0.1, -0.05) is 6.07 Å². The van der Waals surface area contributed by atoms with Gasteiger partial charge in [0.05, 0.1) is 12.7 Å². The third-order valence-electron chi connectivity index (χ3n) is 3.89. The van der Waals surface area contributed by atoms with Gasteiger partial charge in [-0.25, -0.2) is 8.78 Å². The molecule has 1 aliphatic heterocycles. The predicted octanol–water partition coefficient (Wildman–Crippen LogP) is 2.26. The first kappa shape index (κ1) is 19.6. The summed E-state index contributed by atoms with van der Waals surface area (Å²) in [6.07, 6.45) is 2.24. The Morgan fingerprint density at radius 1 is 1.32 bits per heavy atom. The summed E-state index contributed by atoms with van der Waals surface area (Å²) in [5.74, 6) is -0.392. The highest BCUT2D eigenvalue weighted by molar-refractivity contribution is 5.79. The van der Waals surface area contributed by atoms with Crippen LogP contribution in [0.3, 0.4) is 0 Å². The SMILES string of the molecule is CCNC(=NCCCOC1CCOC1)NCCc1c(F)cccc1F. The summed E-state index contributed by atoms with van der Waals surface area (Å²) in [5.41, 5.74) is 0.0954. The average molecular weight is 355 g/mol. The smallest absolute Gasteiger partial charge is 0.191 e. The van der Waals surface area contributed by atoms with E-state index in [4.69, 9.17) is 9.47 Å². The Morgan fingerprint density at radius 2 is 2.12 bits per heavy atom. The van der Waals surface area contributed by atoms with Gasteiger partial charge in [0.25, 0.3) is 0 Å². The average Bonchev–Trinajstić information content (AvgIpc) is 3.10. The zero-order valence-corrected chi connectivity index (χ0v) is 14.7. The summed E-state index contributed by atoms with van der Waals surface area (Å²) in [5, 5.41) is 6.22. The van der Waals surface area contributed by atoms with E-state index in [1.54, 1.807) is 0 Å². The minimum absolute atomic E-state index is 0.0954. The van der Waals surface area contributed by atoms with Crippen molar-refractivity contribution in [2.75, 3.05) is 39.5 Å². The Bertz CT molecular complexity index is 529. The lowest BCUT2D eigenvalue weighted by molar-refractivity contribution is 0.0424. The molecule has 1 aromatic rings. The van der Waals surface area contributed by atoms with E-state index in [1.165, 1.54) is 18.2 Å². The number of guanidine groups is 1. The van der Waals surface area contributed by atoms with Gasteiger partial charge in [-0.05, 0) is 38.3 Å². The Hall–Kier alpha value is -1.73. The van der Waals surface area contributed by atoms with Crippen LogP contribution in [0, 0.1) is 11.6 Å². The number of nitrogens with zero attached hydrogens (tertiary/aromatic N) is 1. The number of hydrogen-bond donors (Lipinski definition) is 2. The number of benzene rings is 1. The van der Waals surface area contributed by atoms with Crippen molar-refractivity contribution in [2.45, 2.75) is 32.3 Å². The topological polar surface area (TPSA) is 54.9 Å². The Kier molecular flexibility index (Phi) is 8.62. The molecule has 0 aliphatic carbocycles. The normalized spacial score (nSPS) is 17.7. The van der Waals surface area contributed by atoms with E-state index in [1.807, 2.05) is 6.92 Å². The molecular formula is C18H27F2N3O2. The van der Waals surface area contributed by atoms with E-state index in [0.29, 0.717) is 32.3 Å². The van der Waals surface area contributed by atoms with Crippen LogP contribution in [0.5, 0.6) is 0 Å². The van der Waals surface area contributed by atoms with Crippen LogP contribution in [-0.4, -0.2) is 51.5 Å². The van der Waals surface area contributed by atoms with Gasteiger partial charge in [0.1, 0.15) is 11.6 Å². The van der Waals surface area contributed by atoms with Gasteiger partial charge in [0.2, 0.25) is 0 Å². The van der Waals surface area contributed by atoms with Crippen LogP contribution in [0.2, 0.25) is 0 Å². The molecule has 5 nitrogen and oxygen atoms in total. The molecule has 1 fully saturated rings. The molecule has 2 rings (SSSR count). The zero-order valence-electron chi connectivity index (χ0n) is 14.7. The molecule has 140 valence electrons. The number of nitrogens with one attached hydrogen (secondary N) is 2. The highest BCUT2D eigenvalue weighted by Gasteiger charge is 2.15. The summed E-state index contributed by atoms with van der Waals surface area (Å²) in [7, 11) is 0. The van der Waals surface area contributed by atoms with E-state index in [9.17, 15) is 8.78 Å². The van der Waals surface area contributed by atoms with E-state index >= 15 is 0 Å². The van der Waals surface area contributed by atoms with Gasteiger partial charge in [-0.3, -0.25) is 4.99 Å². The second-order valence-corrected chi connectivity index (χ2v) is 5.85. The third kappa shape index (κ3) is 6.96. The Labute approximate surface area is 147 Å². The summed E-state index contributed by atoms with van der Waals surface area (Å²) in [6, 6.07) is 3.91. The van der Waals surface area contributed by atoms with Crippen LogP contribution < -0.4 is 10.6 Å². The van der Waals surface area contributed by atoms with Crippen LogP contribution in [0.25, 0.3) is 0 Å². The summed E-state index contributed by atoms with van der Waals surface area (Å²) in [4.78, 5) is 4.45. The van der Waals surface area contributed by atoms with Crippen molar-refractivity contribution in [3.8, 4) is 0 Å². The fraction of sp³-hybridized carbons (Fsp3) is 0.611. The summed E-state index contributed by atoms with van der Waals surface area (Å²) < 4.78 is 38.2. The minimum Gasteiger partial charge on any atom is -0.379 e. The maximum Gasteiger partial charge on any atom is 0.191 e. The molecule has 1 unspecified atom stereocenters. The fourth-order valence-corrected chi connectivity index (χ4v) is 2.57. The number of halogens is 2. The number of aliphatic imine (C=N–C) groups is 1. The number of hydrogen-bond acceptors (Lipinski definition) is 3. The fourth-order valence-electron chi connectivity index (χ4n) is 2.57. The van der Waals surface area contributed by atoms with Gasteiger partial charge in [-0.2, -0.15) is 0 Å². The highest BCUT2D eigenvalue weighted by atomic mass is 19.1. The molecular weight excluding hydrogens is 328 g/mol. The molecule has 0 radical (unpaired) electrons. The van der Waals surface area contributed by atoms with Crippen LogP contribution in [-0.2, 0) is 15.9 Å². The van der Waals surface area contributed by atoms with Gasteiger partial charge >= 0.3 is 0 Å². The second-order valence-electron chi connectivity index (χ2n) is 5.85. The molecule has 1 aliphatic rings. The van der Waals surface area contributed by atoms with Gasteiger partial charge in [-0.15, -0.1) is 0 Å². The minimum atomic E-state index is -0.517. The van der Waals surface area contributed by atoms with Gasteiger partial charge < -0.3 is 20.1 Å². The molecule has 1 aromatic carbocycles. The lowest BCUT2D eigenvalue weighted by Gasteiger charge is -2.12. The summed E-state index contributed by atoms with van der Waals surface area (Å²) >= 11 is 0. The molecule has 2 N–H and O–H groups in total. The molecule has 0 spiro atoms. The van der Waals surface area contributed by atoms with Gasteiger partial charge in [0, 0.05) is 38.4 Å². The monoisotopic (exact) mass is 355 g/mol. The molecule has 1 heterocycles. The van der Waals surface area contributed by atoms with Gasteiger partial charge in [0.15, 0.2) is 5.96 Å². The predicted molar refractivity (Wildman–Crippen MR) is 93.8 cm³/mol. The summed E-state index contributed by atoms with van der Waals surface area (Å²) in [6.45, 7) is 5.82. The quantitative estimate of drug-likeness (QED) is 0.405. The van der Waals surface area contributed by atoms with Crippen molar-refractivity contribution in [2.24, 2.45) is 4.99 Å². The molecule has 25 heavy (non-hydrogen) atoms. The largest absolute Gasteiger partial charge is 0.379 e. The third-order valence-corrected chi connectivity index (χ3v) is 3.89. The van der Waals surface area contributed by atoms with Crippen LogP contribution >= 0.6 is 0 Å². The molecule has 0 amide bonds. The van der Waals surface area contributed by atoms with E-state index in [2.05, 4.69) is 15.6 Å². The highest BCUT2D eigenvalue weighted by Crippen LogP contribution is 2.12. The second kappa shape index (κ2) is 11.0. The Balaban J connectivity index is 1.69. The first-order valence-electron chi connectivity index (χ1n) is 8.85. The van der Waals surface area contributed by atoms with Crippen LogP contribution in [0.4, 0.5) is 8.78 Å². The molecule has 7 heteroatoms. The zero-order chi connectivity index (χ0) is 17.9. The van der Waals surface area contributed by atoms with Crippen molar-refractivity contribution < 1.29 is 18.3 Å². The van der Waals surface area contributed by atoms with Crippen molar-refractivity contribution in [3.05, 3.63) is 35.4 Å². The molecule has 0 aromatic heterocycles. The maximum atomic E-state index is 13.6. The van der Waals surface area contributed by atoms with Crippen molar-refractivity contribution in [1.82, 2.24) is 10.6 Å². The molecule has 1 atom stereocenters. The number of ether oxygens (including phenoxy) is 2. The maximum absolute atomic E-state index is 13.6. The van der Waals surface area contributed by atoms with Crippen LogP contribution in [0.1, 0.15) is 25.3 Å². The first-order valence-corrected chi connectivity index (χ1v) is 8.85. The molecule has 1 saturated heterocycles. The van der Waals surface area contributed by atoms with Crippen molar-refractivity contribution >= 4 is 5.96 Å².